The molecule has 1 saturated carbocycles. The van der Waals surface area contributed by atoms with E-state index in [1.165, 1.54) is 25.7 Å². The molecular weight excluding hydrogens is 124 g/mol. The number of rotatable bonds is 0. The first-order valence-electron chi connectivity index (χ1n) is 4.47. The highest BCUT2D eigenvalue weighted by Crippen LogP contribution is 2.59. The van der Waals surface area contributed by atoms with Gasteiger partial charge in [0.15, 0.2) is 0 Å². The van der Waals surface area contributed by atoms with Crippen LogP contribution in [0.3, 0.4) is 0 Å². The molecule has 0 aromatic rings. The summed E-state index contributed by atoms with van der Waals surface area (Å²) in [5.41, 5.74) is 0.338. The minimum Gasteiger partial charge on any atom is -0.371 e. The maximum absolute atomic E-state index is 5.95. The first-order valence-corrected chi connectivity index (χ1v) is 4.47. The fourth-order valence-corrected chi connectivity index (χ4v) is 3.39. The predicted octanol–water partition coefficient (Wildman–Crippen LogP) is 1.96. The zero-order chi connectivity index (χ0) is 6.77. The van der Waals surface area contributed by atoms with Crippen molar-refractivity contribution < 1.29 is 4.74 Å². The van der Waals surface area contributed by atoms with Gasteiger partial charge in [-0.25, -0.2) is 0 Å². The van der Waals surface area contributed by atoms with Gasteiger partial charge in [0.25, 0.3) is 0 Å². The minimum atomic E-state index is 0.338. The largest absolute Gasteiger partial charge is 0.371 e. The van der Waals surface area contributed by atoms with Crippen LogP contribution in [0.4, 0.5) is 0 Å². The molecule has 2 saturated heterocycles. The zero-order valence-electron chi connectivity index (χ0n) is 6.47. The molecular formula is C9H14O. The van der Waals surface area contributed by atoms with Crippen LogP contribution in [0, 0.1) is 11.8 Å². The molecule has 2 heterocycles. The summed E-state index contributed by atoms with van der Waals surface area (Å²) >= 11 is 0. The van der Waals surface area contributed by atoms with Gasteiger partial charge in [0.1, 0.15) is 0 Å². The fraction of sp³-hybridized carbons (Fsp3) is 1.00. The van der Waals surface area contributed by atoms with Crippen molar-refractivity contribution in [1.82, 2.24) is 0 Å². The number of fused-ring (bicyclic) bond motifs is 1. The molecule has 0 N–H and O–H groups in total. The average molecular weight is 138 g/mol. The number of hydrogen-bond acceptors (Lipinski definition) is 1. The third-order valence-corrected chi connectivity index (χ3v) is 4.00. The molecule has 2 atom stereocenters. The lowest BCUT2D eigenvalue weighted by Crippen LogP contribution is -2.31. The molecule has 0 aromatic heterocycles. The Morgan fingerprint density at radius 1 is 1.20 bits per heavy atom. The summed E-state index contributed by atoms with van der Waals surface area (Å²) in [6.45, 7) is 2.34. The summed E-state index contributed by atoms with van der Waals surface area (Å²) in [6.07, 6.45) is 6.28. The van der Waals surface area contributed by atoms with Crippen molar-refractivity contribution in [1.29, 1.82) is 0 Å². The molecule has 10 heavy (non-hydrogen) atoms. The first kappa shape index (κ1) is 5.59. The van der Waals surface area contributed by atoms with E-state index in [9.17, 15) is 0 Å². The SMILES string of the molecule is CC12OC3CC1CCC2C3. The number of ether oxygens (including phenoxy) is 1. The second-order valence-electron chi connectivity index (χ2n) is 4.37. The smallest absolute Gasteiger partial charge is 0.0716 e. The van der Waals surface area contributed by atoms with Crippen LogP contribution in [0.15, 0.2) is 0 Å². The van der Waals surface area contributed by atoms with Crippen LogP contribution in [0.5, 0.6) is 0 Å². The van der Waals surface area contributed by atoms with E-state index >= 15 is 0 Å². The summed E-state index contributed by atoms with van der Waals surface area (Å²) in [5.74, 6) is 1.85. The van der Waals surface area contributed by atoms with Crippen LogP contribution in [-0.2, 0) is 4.74 Å². The molecule has 0 radical (unpaired) electrons. The Balaban J connectivity index is 2.08. The van der Waals surface area contributed by atoms with E-state index in [0.29, 0.717) is 11.7 Å². The summed E-state index contributed by atoms with van der Waals surface area (Å²) in [7, 11) is 0. The Kier molecular flexibility index (Phi) is 0.797. The van der Waals surface area contributed by atoms with Gasteiger partial charge >= 0.3 is 0 Å². The second-order valence-corrected chi connectivity index (χ2v) is 4.37. The number of hydrogen-bond donors (Lipinski definition) is 0. The highest BCUT2D eigenvalue weighted by Gasteiger charge is 2.59. The molecule has 2 unspecified atom stereocenters. The molecule has 3 rings (SSSR count). The molecule has 1 aliphatic carbocycles. The fourth-order valence-electron chi connectivity index (χ4n) is 3.39. The van der Waals surface area contributed by atoms with Crippen LogP contribution < -0.4 is 0 Å². The van der Waals surface area contributed by atoms with Crippen molar-refractivity contribution in [3.63, 3.8) is 0 Å². The van der Waals surface area contributed by atoms with E-state index in [0.717, 1.165) is 11.8 Å². The predicted molar refractivity (Wildman–Crippen MR) is 38.7 cm³/mol. The zero-order valence-corrected chi connectivity index (χ0v) is 6.47. The normalized spacial score (nSPS) is 63.9. The van der Waals surface area contributed by atoms with Crippen molar-refractivity contribution in [2.75, 3.05) is 0 Å². The third-order valence-electron chi connectivity index (χ3n) is 4.00. The summed E-state index contributed by atoms with van der Waals surface area (Å²) < 4.78 is 5.95. The lowest BCUT2D eigenvalue weighted by molar-refractivity contribution is 0.00232. The van der Waals surface area contributed by atoms with Gasteiger partial charge in [0, 0.05) is 0 Å². The Hall–Kier alpha value is -0.0400. The molecule has 0 amide bonds. The van der Waals surface area contributed by atoms with Gasteiger partial charge in [-0.3, -0.25) is 0 Å². The van der Waals surface area contributed by atoms with E-state index in [4.69, 9.17) is 4.74 Å². The summed E-state index contributed by atoms with van der Waals surface area (Å²) in [6, 6.07) is 0. The van der Waals surface area contributed by atoms with Crippen molar-refractivity contribution in [2.24, 2.45) is 11.8 Å². The molecule has 2 bridgehead atoms. The minimum absolute atomic E-state index is 0.338. The Morgan fingerprint density at radius 3 is 2.20 bits per heavy atom. The molecule has 3 fully saturated rings. The van der Waals surface area contributed by atoms with Gasteiger partial charge in [-0.1, -0.05) is 0 Å². The quantitative estimate of drug-likeness (QED) is 0.497. The Labute approximate surface area is 61.8 Å². The van der Waals surface area contributed by atoms with E-state index in [1.807, 2.05) is 0 Å². The highest BCUT2D eigenvalue weighted by molar-refractivity contribution is 5.08. The summed E-state index contributed by atoms with van der Waals surface area (Å²) in [4.78, 5) is 0. The first-order chi connectivity index (χ1) is 4.79. The molecule has 3 aliphatic rings. The average Bonchev–Trinajstić information content (AvgIpc) is 2.27. The topological polar surface area (TPSA) is 9.23 Å². The highest BCUT2D eigenvalue weighted by atomic mass is 16.5. The maximum Gasteiger partial charge on any atom is 0.0716 e. The Bertz CT molecular complexity index is 162. The van der Waals surface area contributed by atoms with Crippen LogP contribution in [0.1, 0.15) is 32.6 Å². The van der Waals surface area contributed by atoms with Gasteiger partial charge in [0.05, 0.1) is 11.7 Å². The van der Waals surface area contributed by atoms with Gasteiger partial charge in [-0.15, -0.1) is 0 Å². The molecule has 2 aliphatic heterocycles. The van der Waals surface area contributed by atoms with Crippen molar-refractivity contribution >= 4 is 0 Å². The molecule has 0 aromatic carbocycles. The second kappa shape index (κ2) is 1.42. The maximum atomic E-state index is 5.95. The van der Waals surface area contributed by atoms with E-state index in [-0.39, 0.29) is 0 Å². The molecule has 0 spiro atoms. The van der Waals surface area contributed by atoms with E-state index < -0.39 is 0 Å². The monoisotopic (exact) mass is 138 g/mol. The van der Waals surface area contributed by atoms with Crippen LogP contribution in [0.25, 0.3) is 0 Å². The van der Waals surface area contributed by atoms with Crippen LogP contribution in [0.2, 0.25) is 0 Å². The van der Waals surface area contributed by atoms with E-state index in [1.54, 1.807) is 0 Å². The summed E-state index contributed by atoms with van der Waals surface area (Å²) in [5, 5.41) is 0. The molecule has 1 nitrogen and oxygen atoms in total. The lowest BCUT2D eigenvalue weighted by atomic mass is 9.79. The van der Waals surface area contributed by atoms with Crippen LogP contribution >= 0.6 is 0 Å². The van der Waals surface area contributed by atoms with Gasteiger partial charge in [-0.05, 0) is 44.4 Å². The van der Waals surface area contributed by atoms with Gasteiger partial charge in [0.2, 0.25) is 0 Å². The van der Waals surface area contributed by atoms with Crippen molar-refractivity contribution in [3.8, 4) is 0 Å². The third kappa shape index (κ3) is 0.430. The van der Waals surface area contributed by atoms with Gasteiger partial charge < -0.3 is 4.74 Å². The lowest BCUT2D eigenvalue weighted by Gasteiger charge is -2.26. The van der Waals surface area contributed by atoms with Crippen LogP contribution in [-0.4, -0.2) is 11.7 Å². The van der Waals surface area contributed by atoms with E-state index in [2.05, 4.69) is 6.92 Å². The molecule has 1 heteroatoms. The van der Waals surface area contributed by atoms with Crippen molar-refractivity contribution in [3.05, 3.63) is 0 Å². The standard InChI is InChI=1S/C9H14O/c1-9-6-2-3-7(9)5-8(4-6)10-9/h6-8H,2-5H2,1H3. The van der Waals surface area contributed by atoms with Gasteiger partial charge in [-0.2, -0.15) is 0 Å². The Morgan fingerprint density at radius 2 is 1.80 bits per heavy atom. The van der Waals surface area contributed by atoms with Crippen molar-refractivity contribution in [2.45, 2.75) is 44.3 Å². The molecule has 56 valence electrons.